The zero-order chi connectivity index (χ0) is 9.35. The molecule has 5 nitrogen and oxygen atoms in total. The Labute approximate surface area is 71.6 Å². The van der Waals surface area contributed by atoms with Crippen LogP contribution < -0.4 is 10.9 Å². The Morgan fingerprint density at radius 1 is 1.50 bits per heavy atom. The van der Waals surface area contributed by atoms with Crippen LogP contribution in [-0.2, 0) is 0 Å². The number of nitrogens with one attached hydrogen (secondary N) is 2. The Balaban J connectivity index is 2.71. The monoisotopic (exact) mass is 173 g/mol. The highest BCUT2D eigenvalue weighted by molar-refractivity contribution is 4.90. The minimum absolute atomic E-state index is 0.0821. The van der Waals surface area contributed by atoms with Crippen LogP contribution in [0.25, 0.3) is 0 Å². The molecule has 1 aliphatic heterocycles. The predicted molar refractivity (Wildman–Crippen MR) is 45.2 cm³/mol. The van der Waals surface area contributed by atoms with E-state index in [0.717, 1.165) is 0 Å². The molecule has 1 fully saturated rings. The molecular formula is C7H15N3O2. The van der Waals surface area contributed by atoms with Crippen molar-refractivity contribution in [2.24, 2.45) is 5.41 Å². The summed E-state index contributed by atoms with van der Waals surface area (Å²) in [6.07, 6.45) is 0. The van der Waals surface area contributed by atoms with Gasteiger partial charge >= 0.3 is 0 Å². The predicted octanol–water partition coefficient (Wildman–Crippen LogP) is 0.154. The molecule has 2 N–H and O–H groups in total. The number of hydrazine groups is 1. The van der Waals surface area contributed by atoms with E-state index in [9.17, 15) is 10.1 Å². The van der Waals surface area contributed by atoms with Gasteiger partial charge in [-0.2, -0.15) is 0 Å². The molecule has 12 heavy (non-hydrogen) atoms. The van der Waals surface area contributed by atoms with E-state index in [2.05, 4.69) is 10.9 Å². The third kappa shape index (κ3) is 1.73. The van der Waals surface area contributed by atoms with Crippen molar-refractivity contribution in [1.82, 2.24) is 10.9 Å². The van der Waals surface area contributed by atoms with Gasteiger partial charge in [-0.1, -0.05) is 20.8 Å². The molecule has 0 bridgehead atoms. The van der Waals surface area contributed by atoms with E-state index in [-0.39, 0.29) is 16.4 Å². The van der Waals surface area contributed by atoms with Crippen LogP contribution in [0.4, 0.5) is 0 Å². The van der Waals surface area contributed by atoms with Crippen LogP contribution in [-0.4, -0.2) is 23.6 Å². The van der Waals surface area contributed by atoms with Crippen LogP contribution in [0.15, 0.2) is 0 Å². The second kappa shape index (κ2) is 2.99. The lowest BCUT2D eigenvalue weighted by atomic mass is 9.84. The zero-order valence-corrected chi connectivity index (χ0v) is 7.63. The van der Waals surface area contributed by atoms with E-state index in [1.807, 2.05) is 20.8 Å². The highest BCUT2D eigenvalue weighted by atomic mass is 16.6. The van der Waals surface area contributed by atoms with Crippen LogP contribution in [0, 0.1) is 15.5 Å². The van der Waals surface area contributed by atoms with Gasteiger partial charge in [0.15, 0.2) is 0 Å². The van der Waals surface area contributed by atoms with Gasteiger partial charge in [0.25, 0.3) is 0 Å². The zero-order valence-electron chi connectivity index (χ0n) is 7.63. The first-order chi connectivity index (χ1) is 5.43. The smallest absolute Gasteiger partial charge is 0.243 e. The molecule has 1 saturated heterocycles. The molecule has 0 aromatic carbocycles. The van der Waals surface area contributed by atoms with Crippen LogP contribution >= 0.6 is 0 Å². The number of hydrogen-bond acceptors (Lipinski definition) is 4. The quantitative estimate of drug-likeness (QED) is 0.437. The summed E-state index contributed by atoms with van der Waals surface area (Å²) in [5.41, 5.74) is 5.67. The molecule has 0 spiro atoms. The molecular weight excluding hydrogens is 158 g/mol. The van der Waals surface area contributed by atoms with E-state index in [0.29, 0.717) is 6.54 Å². The van der Waals surface area contributed by atoms with Crippen molar-refractivity contribution in [2.75, 3.05) is 6.54 Å². The average Bonchev–Trinajstić information content (AvgIpc) is 2.30. The van der Waals surface area contributed by atoms with Gasteiger partial charge in [0.2, 0.25) is 6.04 Å². The molecule has 1 aliphatic rings. The Morgan fingerprint density at radius 3 is 2.42 bits per heavy atom. The van der Waals surface area contributed by atoms with Crippen molar-refractivity contribution < 1.29 is 4.92 Å². The SMILES string of the molecule is CC(C)(C)C1NNCC1[N+](=O)[O-]. The third-order valence-corrected chi connectivity index (χ3v) is 2.16. The fraction of sp³-hybridized carbons (Fsp3) is 1.00. The maximum Gasteiger partial charge on any atom is 0.243 e. The molecule has 0 aromatic rings. The summed E-state index contributed by atoms with van der Waals surface area (Å²) < 4.78 is 0. The Hall–Kier alpha value is -0.680. The van der Waals surface area contributed by atoms with Gasteiger partial charge in [0.05, 0.1) is 12.6 Å². The van der Waals surface area contributed by atoms with Crippen LogP contribution in [0.5, 0.6) is 0 Å². The maximum absolute atomic E-state index is 10.6. The average molecular weight is 173 g/mol. The standard InChI is InChI=1S/C7H15N3O2/c1-7(2,3)6-5(10(11)12)4-8-9-6/h5-6,8-9H,4H2,1-3H3. The fourth-order valence-corrected chi connectivity index (χ4v) is 1.48. The van der Waals surface area contributed by atoms with E-state index < -0.39 is 6.04 Å². The van der Waals surface area contributed by atoms with Crippen molar-refractivity contribution in [3.63, 3.8) is 0 Å². The second-order valence-corrected chi connectivity index (χ2v) is 4.22. The first kappa shape index (κ1) is 9.41. The van der Waals surface area contributed by atoms with E-state index in [1.54, 1.807) is 0 Å². The normalized spacial score (nSPS) is 30.6. The third-order valence-electron chi connectivity index (χ3n) is 2.16. The van der Waals surface area contributed by atoms with E-state index >= 15 is 0 Å². The lowest BCUT2D eigenvalue weighted by Crippen LogP contribution is -2.46. The molecule has 0 saturated carbocycles. The lowest BCUT2D eigenvalue weighted by Gasteiger charge is -2.26. The van der Waals surface area contributed by atoms with Gasteiger partial charge in [-0.3, -0.25) is 15.5 Å². The van der Waals surface area contributed by atoms with Gasteiger partial charge in [-0.05, 0) is 5.41 Å². The van der Waals surface area contributed by atoms with Gasteiger partial charge in [-0.15, -0.1) is 0 Å². The fourth-order valence-electron chi connectivity index (χ4n) is 1.48. The molecule has 0 radical (unpaired) electrons. The van der Waals surface area contributed by atoms with Gasteiger partial charge < -0.3 is 0 Å². The van der Waals surface area contributed by atoms with Crippen molar-refractivity contribution in [3.8, 4) is 0 Å². The van der Waals surface area contributed by atoms with Crippen LogP contribution in [0.1, 0.15) is 20.8 Å². The summed E-state index contributed by atoms with van der Waals surface area (Å²) in [5, 5.41) is 10.6. The molecule has 0 amide bonds. The number of nitrogens with zero attached hydrogens (tertiary/aromatic N) is 1. The minimum atomic E-state index is -0.509. The van der Waals surface area contributed by atoms with E-state index in [4.69, 9.17) is 0 Å². The largest absolute Gasteiger partial charge is 0.264 e. The van der Waals surface area contributed by atoms with Crippen molar-refractivity contribution in [2.45, 2.75) is 32.9 Å². The molecule has 2 unspecified atom stereocenters. The Morgan fingerprint density at radius 2 is 2.08 bits per heavy atom. The molecule has 0 aromatic heterocycles. The van der Waals surface area contributed by atoms with Gasteiger partial charge in [0, 0.05) is 4.92 Å². The molecule has 0 aliphatic carbocycles. The lowest BCUT2D eigenvalue weighted by molar-refractivity contribution is -0.522. The second-order valence-electron chi connectivity index (χ2n) is 4.22. The molecule has 1 heterocycles. The first-order valence-electron chi connectivity index (χ1n) is 4.05. The van der Waals surface area contributed by atoms with Crippen molar-refractivity contribution >= 4 is 0 Å². The summed E-state index contributed by atoms with van der Waals surface area (Å²) >= 11 is 0. The Kier molecular flexibility index (Phi) is 2.34. The molecule has 70 valence electrons. The van der Waals surface area contributed by atoms with Crippen LogP contribution in [0.3, 0.4) is 0 Å². The molecule has 5 heteroatoms. The highest BCUT2D eigenvalue weighted by Gasteiger charge is 2.43. The number of hydrogen-bond donors (Lipinski definition) is 2. The minimum Gasteiger partial charge on any atom is -0.264 e. The summed E-state index contributed by atoms with van der Waals surface area (Å²) in [4.78, 5) is 10.4. The summed E-state index contributed by atoms with van der Waals surface area (Å²) in [7, 11) is 0. The summed E-state index contributed by atoms with van der Waals surface area (Å²) in [5.74, 6) is 0. The number of nitro groups is 1. The van der Waals surface area contributed by atoms with Gasteiger partial charge in [0.1, 0.15) is 0 Å². The van der Waals surface area contributed by atoms with E-state index in [1.165, 1.54) is 0 Å². The highest BCUT2D eigenvalue weighted by Crippen LogP contribution is 2.24. The summed E-state index contributed by atoms with van der Waals surface area (Å²) in [6.45, 7) is 6.39. The Bertz CT molecular complexity index is 188. The van der Waals surface area contributed by atoms with Crippen molar-refractivity contribution in [3.05, 3.63) is 10.1 Å². The number of rotatable bonds is 1. The topological polar surface area (TPSA) is 67.2 Å². The maximum atomic E-state index is 10.6. The first-order valence-corrected chi connectivity index (χ1v) is 4.05. The van der Waals surface area contributed by atoms with Crippen molar-refractivity contribution in [1.29, 1.82) is 0 Å². The molecule has 1 rings (SSSR count). The van der Waals surface area contributed by atoms with Crippen LogP contribution in [0.2, 0.25) is 0 Å². The summed E-state index contributed by atoms with van der Waals surface area (Å²) in [6, 6.07) is -0.600. The molecule has 2 atom stereocenters. The van der Waals surface area contributed by atoms with Gasteiger partial charge in [-0.25, -0.2) is 5.43 Å².